The molecule has 0 nitrogen and oxygen atoms in total. The van der Waals surface area contributed by atoms with Gasteiger partial charge in [-0.1, -0.05) is 79.6 Å². The Hall–Kier alpha value is -1.70. The van der Waals surface area contributed by atoms with Crippen LogP contribution in [0.2, 0.25) is 0 Å². The van der Waals surface area contributed by atoms with Gasteiger partial charge in [0.1, 0.15) is 0 Å². The molecule has 0 heterocycles. The van der Waals surface area contributed by atoms with E-state index in [2.05, 4.69) is 104 Å². The molecule has 1 heteroatoms. The van der Waals surface area contributed by atoms with Gasteiger partial charge in [-0.3, -0.25) is 0 Å². The zero-order chi connectivity index (χ0) is 18.0. The first kappa shape index (κ1) is 21.6. The molecule has 0 amide bonds. The first-order valence-electron chi connectivity index (χ1n) is 9.64. The van der Waals surface area contributed by atoms with E-state index in [1.54, 1.807) is 0 Å². The van der Waals surface area contributed by atoms with Crippen molar-refractivity contribution in [2.45, 2.75) is 37.5 Å². The van der Waals surface area contributed by atoms with Crippen LogP contribution in [0, 0.1) is 13.3 Å². The molecule has 2 unspecified atom stereocenters. The van der Waals surface area contributed by atoms with Crippen LogP contribution in [0.1, 0.15) is 54.2 Å². The Kier molecular flexibility index (Phi) is 9.51. The SMILES string of the molecule is [CH2-]CCC(CC(C[CH-]c1ccccc1)c1ccccc1)c1ccccc1.[Mg+2]. The van der Waals surface area contributed by atoms with E-state index >= 15 is 0 Å². The van der Waals surface area contributed by atoms with Crippen LogP contribution < -0.4 is 0 Å². The van der Waals surface area contributed by atoms with E-state index < -0.39 is 0 Å². The van der Waals surface area contributed by atoms with Crippen molar-refractivity contribution in [3.05, 3.63) is 121 Å². The topological polar surface area (TPSA) is 0 Å². The average molecular weight is 365 g/mol. The van der Waals surface area contributed by atoms with Crippen LogP contribution >= 0.6 is 0 Å². The van der Waals surface area contributed by atoms with Crippen molar-refractivity contribution in [3.8, 4) is 0 Å². The summed E-state index contributed by atoms with van der Waals surface area (Å²) in [5.41, 5.74) is 4.18. The fourth-order valence-electron chi connectivity index (χ4n) is 3.70. The standard InChI is InChI=1S/C26H28.Mg/c1-2-12-25(23-15-8-4-9-16-23)21-26(24-17-10-5-11-18-24)20-19-22-13-6-3-7-14-22;/h3-11,13-19,25-26H,1-2,12,20-21H2;/q-2;+2. The zero-order valence-electron chi connectivity index (χ0n) is 16.1. The maximum atomic E-state index is 4.12. The molecule has 0 bridgehead atoms. The molecule has 0 aliphatic rings. The summed E-state index contributed by atoms with van der Waals surface area (Å²) in [6, 6.07) is 32.6. The van der Waals surface area contributed by atoms with Crippen molar-refractivity contribution in [3.63, 3.8) is 0 Å². The van der Waals surface area contributed by atoms with Crippen LogP contribution in [0.3, 0.4) is 0 Å². The first-order chi connectivity index (χ1) is 12.9. The van der Waals surface area contributed by atoms with Crippen LogP contribution in [0.5, 0.6) is 0 Å². The molecule has 0 radical (unpaired) electrons. The second-order valence-corrected chi connectivity index (χ2v) is 6.94. The maximum absolute atomic E-state index is 4.12. The predicted molar refractivity (Wildman–Crippen MR) is 118 cm³/mol. The Bertz CT molecular complexity index is 737. The molecule has 0 aliphatic carbocycles. The average Bonchev–Trinajstić information content (AvgIpc) is 2.72. The fraction of sp³-hybridized carbons (Fsp3) is 0.231. The van der Waals surface area contributed by atoms with Gasteiger partial charge in [-0.15, -0.1) is 12.1 Å². The molecular formula is C26H28Mg. The van der Waals surface area contributed by atoms with Crippen LogP contribution in [0.4, 0.5) is 0 Å². The molecule has 27 heavy (non-hydrogen) atoms. The molecule has 2 atom stereocenters. The molecule has 0 N–H and O–H groups in total. The van der Waals surface area contributed by atoms with Crippen LogP contribution in [-0.4, -0.2) is 23.1 Å². The molecule has 134 valence electrons. The van der Waals surface area contributed by atoms with E-state index in [0.717, 1.165) is 25.7 Å². The van der Waals surface area contributed by atoms with Gasteiger partial charge in [0.15, 0.2) is 0 Å². The van der Waals surface area contributed by atoms with Gasteiger partial charge in [-0.2, -0.15) is 30.5 Å². The number of hydrogen-bond donors (Lipinski definition) is 0. The molecule has 0 fully saturated rings. The summed E-state index contributed by atoms with van der Waals surface area (Å²) >= 11 is 0. The molecule has 0 saturated heterocycles. The van der Waals surface area contributed by atoms with Crippen molar-refractivity contribution in [2.24, 2.45) is 0 Å². The molecule has 3 rings (SSSR count). The molecular weight excluding hydrogens is 337 g/mol. The van der Waals surface area contributed by atoms with Gasteiger partial charge in [0, 0.05) is 0 Å². The van der Waals surface area contributed by atoms with Crippen molar-refractivity contribution >= 4 is 23.1 Å². The maximum Gasteiger partial charge on any atom is 2.00 e. The minimum absolute atomic E-state index is 0. The first-order valence-corrected chi connectivity index (χ1v) is 9.64. The third-order valence-corrected chi connectivity index (χ3v) is 5.10. The van der Waals surface area contributed by atoms with E-state index in [4.69, 9.17) is 0 Å². The summed E-state index contributed by atoms with van der Waals surface area (Å²) in [4.78, 5) is 0. The smallest absolute Gasteiger partial charge is 0.343 e. The van der Waals surface area contributed by atoms with Gasteiger partial charge in [0.25, 0.3) is 0 Å². The van der Waals surface area contributed by atoms with Gasteiger partial charge in [0.2, 0.25) is 0 Å². The summed E-state index contributed by atoms with van der Waals surface area (Å²) in [5.74, 6) is 1.08. The van der Waals surface area contributed by atoms with E-state index in [1.165, 1.54) is 16.7 Å². The van der Waals surface area contributed by atoms with E-state index in [-0.39, 0.29) is 23.1 Å². The van der Waals surface area contributed by atoms with Crippen molar-refractivity contribution in [1.82, 2.24) is 0 Å². The van der Waals surface area contributed by atoms with Gasteiger partial charge in [-0.25, -0.2) is 0 Å². The molecule has 3 aromatic carbocycles. The zero-order valence-corrected chi connectivity index (χ0v) is 17.5. The summed E-state index contributed by atoms with van der Waals surface area (Å²) < 4.78 is 0. The summed E-state index contributed by atoms with van der Waals surface area (Å²) in [6.07, 6.45) is 6.72. The third kappa shape index (κ3) is 6.75. The van der Waals surface area contributed by atoms with Gasteiger partial charge >= 0.3 is 23.1 Å². The molecule has 3 aromatic rings. The van der Waals surface area contributed by atoms with E-state index in [9.17, 15) is 0 Å². The Morgan fingerprint density at radius 1 is 0.667 bits per heavy atom. The Balaban J connectivity index is 0.00000261. The predicted octanol–water partition coefficient (Wildman–Crippen LogP) is 6.82. The monoisotopic (exact) mass is 364 g/mol. The van der Waals surface area contributed by atoms with Crippen LogP contribution in [-0.2, 0) is 0 Å². The Morgan fingerprint density at radius 2 is 1.15 bits per heavy atom. The van der Waals surface area contributed by atoms with Gasteiger partial charge < -0.3 is 6.92 Å². The second-order valence-electron chi connectivity index (χ2n) is 6.94. The largest absolute Gasteiger partial charge is 2.00 e. The third-order valence-electron chi connectivity index (χ3n) is 5.10. The van der Waals surface area contributed by atoms with Crippen LogP contribution in [0.25, 0.3) is 0 Å². The van der Waals surface area contributed by atoms with E-state index in [1.807, 2.05) is 0 Å². The quantitative estimate of drug-likeness (QED) is 0.288. The Labute approximate surface area is 181 Å². The van der Waals surface area contributed by atoms with Crippen molar-refractivity contribution in [1.29, 1.82) is 0 Å². The Morgan fingerprint density at radius 3 is 1.67 bits per heavy atom. The number of hydrogen-bond acceptors (Lipinski definition) is 0. The summed E-state index contributed by atoms with van der Waals surface area (Å²) in [7, 11) is 0. The summed E-state index contributed by atoms with van der Waals surface area (Å²) in [5, 5.41) is 0. The van der Waals surface area contributed by atoms with Crippen molar-refractivity contribution < 1.29 is 0 Å². The fourth-order valence-corrected chi connectivity index (χ4v) is 3.70. The molecule has 0 spiro atoms. The number of benzene rings is 3. The molecule has 0 saturated carbocycles. The summed E-state index contributed by atoms with van der Waals surface area (Å²) in [6.45, 7) is 4.12. The van der Waals surface area contributed by atoms with E-state index in [0.29, 0.717) is 11.8 Å². The normalized spacial score (nSPS) is 12.6. The second kappa shape index (κ2) is 11.9. The number of rotatable bonds is 9. The minimum Gasteiger partial charge on any atom is -0.343 e. The van der Waals surface area contributed by atoms with Crippen molar-refractivity contribution in [2.75, 3.05) is 0 Å². The van der Waals surface area contributed by atoms with Gasteiger partial charge in [-0.05, 0) is 29.4 Å². The van der Waals surface area contributed by atoms with Crippen LogP contribution in [0.15, 0.2) is 91.0 Å². The minimum atomic E-state index is 0. The van der Waals surface area contributed by atoms with Gasteiger partial charge in [0.05, 0.1) is 0 Å². The molecule has 0 aromatic heterocycles. The molecule has 0 aliphatic heterocycles.